The summed E-state index contributed by atoms with van der Waals surface area (Å²) < 4.78 is 2.06. The number of aryl methyl sites for hydroxylation is 1. The van der Waals surface area contributed by atoms with Gasteiger partial charge in [0.2, 0.25) is 0 Å². The van der Waals surface area contributed by atoms with Crippen LogP contribution in [0.3, 0.4) is 0 Å². The molecule has 0 saturated carbocycles. The maximum absolute atomic E-state index is 12.7. The molecule has 0 spiro atoms. The first-order valence-electron chi connectivity index (χ1n) is 9.21. The fraction of sp³-hybridized carbons (Fsp3) is 0.333. The molecule has 0 fully saturated rings. The van der Waals surface area contributed by atoms with E-state index in [1.165, 1.54) is 0 Å². The van der Waals surface area contributed by atoms with Gasteiger partial charge in [-0.2, -0.15) is 0 Å². The molecule has 1 atom stereocenters. The van der Waals surface area contributed by atoms with Crippen LogP contribution in [0, 0.1) is 0 Å². The molecular formula is C21H23ClN4O2. The number of hydrogen-bond donors (Lipinski definition) is 3. The van der Waals surface area contributed by atoms with Crippen molar-refractivity contribution in [2.45, 2.75) is 31.8 Å². The van der Waals surface area contributed by atoms with Crippen molar-refractivity contribution in [3.8, 4) is 0 Å². The zero-order valence-corrected chi connectivity index (χ0v) is 16.8. The zero-order valence-electron chi connectivity index (χ0n) is 16.1. The van der Waals surface area contributed by atoms with Crippen LogP contribution >= 0.6 is 11.6 Å². The van der Waals surface area contributed by atoms with Gasteiger partial charge in [0.15, 0.2) is 0 Å². The summed E-state index contributed by atoms with van der Waals surface area (Å²) in [4.78, 5) is 17.0. The smallest absolute Gasteiger partial charge is 0.251 e. The number of pyridine rings is 1. The number of fused-ring (bicyclic) bond motifs is 2. The van der Waals surface area contributed by atoms with Crippen LogP contribution < -0.4 is 10.6 Å². The van der Waals surface area contributed by atoms with Gasteiger partial charge in [-0.05, 0) is 38.1 Å². The van der Waals surface area contributed by atoms with Crippen LogP contribution in [-0.4, -0.2) is 32.7 Å². The molecule has 6 nitrogen and oxygen atoms in total. The SMILES string of the molecule is Cn1cc(C2Cc3c(Cl)ccnc3N2)c2cc(C(=O)NC(C)(C)CO)ccc21. The molecule has 3 aromatic rings. The number of amides is 1. The minimum Gasteiger partial charge on any atom is -0.394 e. The van der Waals surface area contributed by atoms with E-state index in [0.29, 0.717) is 10.6 Å². The average Bonchev–Trinajstić information content (AvgIpc) is 3.23. The highest BCUT2D eigenvalue weighted by molar-refractivity contribution is 6.31. The summed E-state index contributed by atoms with van der Waals surface area (Å²) in [5, 5.41) is 17.5. The van der Waals surface area contributed by atoms with Gasteiger partial charge in [0.1, 0.15) is 5.82 Å². The molecule has 28 heavy (non-hydrogen) atoms. The minimum atomic E-state index is -0.678. The van der Waals surface area contributed by atoms with E-state index in [1.54, 1.807) is 26.1 Å². The van der Waals surface area contributed by atoms with Crippen molar-refractivity contribution >= 4 is 34.2 Å². The second kappa shape index (κ2) is 6.79. The maximum atomic E-state index is 12.7. The van der Waals surface area contributed by atoms with Crippen LogP contribution in [0.5, 0.6) is 0 Å². The number of halogens is 1. The number of aliphatic hydroxyl groups excluding tert-OH is 1. The molecule has 4 rings (SSSR count). The van der Waals surface area contributed by atoms with Crippen LogP contribution in [0.1, 0.15) is 41.4 Å². The van der Waals surface area contributed by atoms with E-state index < -0.39 is 5.54 Å². The lowest BCUT2D eigenvalue weighted by molar-refractivity contribution is 0.0869. The second-order valence-electron chi connectivity index (χ2n) is 7.94. The van der Waals surface area contributed by atoms with Gasteiger partial charge in [-0.25, -0.2) is 4.98 Å². The predicted octanol–water partition coefficient (Wildman–Crippen LogP) is 3.44. The fourth-order valence-electron chi connectivity index (χ4n) is 3.66. The molecular weight excluding hydrogens is 376 g/mol. The first kappa shape index (κ1) is 18.8. The first-order valence-corrected chi connectivity index (χ1v) is 9.59. The van der Waals surface area contributed by atoms with Crippen LogP contribution in [-0.2, 0) is 13.5 Å². The Morgan fingerprint density at radius 2 is 2.21 bits per heavy atom. The van der Waals surface area contributed by atoms with Crippen LogP contribution in [0.15, 0.2) is 36.7 Å². The van der Waals surface area contributed by atoms with Crippen molar-refractivity contribution < 1.29 is 9.90 Å². The molecule has 1 aliphatic heterocycles. The largest absolute Gasteiger partial charge is 0.394 e. The van der Waals surface area contributed by atoms with E-state index in [1.807, 2.05) is 25.2 Å². The Hall–Kier alpha value is -2.57. The molecule has 7 heteroatoms. The van der Waals surface area contributed by atoms with Crippen molar-refractivity contribution in [3.63, 3.8) is 0 Å². The van der Waals surface area contributed by atoms with Gasteiger partial charge >= 0.3 is 0 Å². The van der Waals surface area contributed by atoms with Gasteiger partial charge < -0.3 is 20.3 Å². The first-order chi connectivity index (χ1) is 13.3. The van der Waals surface area contributed by atoms with Gasteiger partial charge in [0.05, 0.1) is 18.2 Å². The fourth-order valence-corrected chi connectivity index (χ4v) is 3.88. The Morgan fingerprint density at radius 3 is 2.93 bits per heavy atom. The normalized spacial score (nSPS) is 16.1. The van der Waals surface area contributed by atoms with E-state index >= 15 is 0 Å². The van der Waals surface area contributed by atoms with Gasteiger partial charge in [-0.1, -0.05) is 11.6 Å². The molecule has 1 aliphatic rings. The number of aromatic nitrogens is 2. The van der Waals surface area contributed by atoms with Gasteiger partial charge in [-0.15, -0.1) is 0 Å². The Bertz CT molecular complexity index is 1070. The molecule has 0 saturated heterocycles. The van der Waals surface area contributed by atoms with Crippen molar-refractivity contribution in [1.29, 1.82) is 0 Å². The summed E-state index contributed by atoms with van der Waals surface area (Å²) in [7, 11) is 1.99. The third kappa shape index (κ3) is 3.23. The third-order valence-corrected chi connectivity index (χ3v) is 5.58. The quantitative estimate of drug-likeness (QED) is 0.629. The highest BCUT2D eigenvalue weighted by Crippen LogP contribution is 2.39. The molecule has 0 aliphatic carbocycles. The highest BCUT2D eigenvalue weighted by Gasteiger charge is 2.28. The second-order valence-corrected chi connectivity index (χ2v) is 8.35. The standard InChI is InChI=1S/C21H23ClN4O2/c1-21(2,11-27)25-20(28)12-4-5-18-13(8-12)15(10-26(18)3)17-9-14-16(22)6-7-23-19(14)24-17/h4-8,10,17,27H,9,11H2,1-3H3,(H,23,24)(H,25,28). The average molecular weight is 399 g/mol. The van der Waals surface area contributed by atoms with Crippen LogP contribution in [0.2, 0.25) is 5.02 Å². The molecule has 2 aromatic heterocycles. The molecule has 1 amide bonds. The molecule has 0 radical (unpaired) electrons. The Balaban J connectivity index is 1.71. The molecule has 1 aromatic carbocycles. The molecule has 3 heterocycles. The lowest BCUT2D eigenvalue weighted by Crippen LogP contribution is -2.46. The topological polar surface area (TPSA) is 79.2 Å². The molecule has 1 unspecified atom stereocenters. The number of rotatable bonds is 4. The van der Waals surface area contributed by atoms with E-state index in [0.717, 1.165) is 34.3 Å². The van der Waals surface area contributed by atoms with Crippen LogP contribution in [0.4, 0.5) is 5.82 Å². The van der Waals surface area contributed by atoms with Crippen molar-refractivity contribution in [3.05, 3.63) is 58.4 Å². The summed E-state index contributed by atoms with van der Waals surface area (Å²) >= 11 is 6.33. The van der Waals surface area contributed by atoms with E-state index in [-0.39, 0.29) is 18.6 Å². The summed E-state index contributed by atoms with van der Waals surface area (Å²) in [5.74, 6) is 0.608. The number of benzene rings is 1. The third-order valence-electron chi connectivity index (χ3n) is 5.22. The number of carbonyl (C=O) groups is 1. The van der Waals surface area contributed by atoms with Crippen molar-refractivity contribution in [1.82, 2.24) is 14.9 Å². The summed E-state index contributed by atoms with van der Waals surface area (Å²) in [5.41, 5.74) is 3.05. The van der Waals surface area contributed by atoms with E-state index in [9.17, 15) is 9.90 Å². The number of nitrogens with zero attached hydrogens (tertiary/aromatic N) is 2. The zero-order chi connectivity index (χ0) is 20.1. The monoisotopic (exact) mass is 398 g/mol. The Morgan fingerprint density at radius 1 is 1.43 bits per heavy atom. The van der Waals surface area contributed by atoms with Crippen LogP contribution in [0.25, 0.3) is 10.9 Å². The highest BCUT2D eigenvalue weighted by atomic mass is 35.5. The number of aliphatic hydroxyl groups is 1. The lowest BCUT2D eigenvalue weighted by atomic mass is 10.0. The van der Waals surface area contributed by atoms with Gasteiger partial charge in [-0.3, -0.25) is 4.79 Å². The van der Waals surface area contributed by atoms with Gasteiger partial charge in [0.25, 0.3) is 5.91 Å². The van der Waals surface area contributed by atoms with Gasteiger partial charge in [0, 0.05) is 58.5 Å². The predicted molar refractivity (Wildman–Crippen MR) is 111 cm³/mol. The number of hydrogen-bond acceptors (Lipinski definition) is 4. The summed E-state index contributed by atoms with van der Waals surface area (Å²) in [6.45, 7) is 3.44. The van der Waals surface area contributed by atoms with Crippen molar-refractivity contribution in [2.75, 3.05) is 11.9 Å². The molecule has 3 N–H and O–H groups in total. The Kier molecular flexibility index (Phi) is 4.56. The maximum Gasteiger partial charge on any atom is 0.251 e. The molecule has 0 bridgehead atoms. The summed E-state index contributed by atoms with van der Waals surface area (Å²) in [6.07, 6.45) is 4.53. The number of nitrogens with one attached hydrogen (secondary N) is 2. The molecule has 146 valence electrons. The number of anilines is 1. The summed E-state index contributed by atoms with van der Waals surface area (Å²) in [6, 6.07) is 7.52. The van der Waals surface area contributed by atoms with E-state index in [2.05, 4.69) is 26.4 Å². The van der Waals surface area contributed by atoms with E-state index in [4.69, 9.17) is 11.6 Å². The minimum absolute atomic E-state index is 0.0401. The van der Waals surface area contributed by atoms with Crippen molar-refractivity contribution in [2.24, 2.45) is 7.05 Å². The number of carbonyl (C=O) groups excluding carboxylic acids is 1. The lowest BCUT2D eigenvalue weighted by Gasteiger charge is -2.23. The Labute approximate surface area is 168 Å².